The van der Waals surface area contributed by atoms with E-state index in [0.29, 0.717) is 0 Å². The molecule has 0 saturated heterocycles. The molecule has 0 radical (unpaired) electrons. The van der Waals surface area contributed by atoms with E-state index < -0.39 is 0 Å². The number of benzene rings is 1. The average Bonchev–Trinajstić information content (AvgIpc) is 3.05. The summed E-state index contributed by atoms with van der Waals surface area (Å²) in [5.41, 5.74) is 2.37. The summed E-state index contributed by atoms with van der Waals surface area (Å²) in [5, 5.41) is 9.29. The Morgan fingerprint density at radius 3 is 2.40 bits per heavy atom. The number of rotatable bonds is 6. The first kappa shape index (κ1) is 18.6. The summed E-state index contributed by atoms with van der Waals surface area (Å²) in [4.78, 5) is 27.5. The molecule has 1 atom stereocenters. The third-order valence-electron chi connectivity index (χ3n) is 3.87. The highest BCUT2D eigenvalue weighted by atomic mass is 16.2. The molecule has 134 valence electrons. The van der Waals surface area contributed by atoms with E-state index in [-0.39, 0.29) is 36.4 Å². The molecule has 7 nitrogen and oxygen atoms in total. The van der Waals surface area contributed by atoms with Crippen molar-refractivity contribution in [3.8, 4) is 0 Å². The van der Waals surface area contributed by atoms with Gasteiger partial charge in [0.2, 0.25) is 11.8 Å². The SMILES string of the molecule is CC(NC(=O)CNC(=O)Cn1cncn1)c1ccc(C(C)(C)C)cc1. The normalized spacial score (nSPS) is 12.5. The van der Waals surface area contributed by atoms with E-state index >= 15 is 0 Å². The predicted octanol–water partition coefficient (Wildman–Crippen LogP) is 1.57. The molecule has 1 aromatic carbocycles. The minimum absolute atomic E-state index is 0.0388. The zero-order valence-electron chi connectivity index (χ0n) is 15.1. The van der Waals surface area contributed by atoms with Crippen LogP contribution in [0.5, 0.6) is 0 Å². The highest BCUT2D eigenvalue weighted by Gasteiger charge is 2.15. The van der Waals surface area contributed by atoms with Gasteiger partial charge in [0.1, 0.15) is 19.2 Å². The van der Waals surface area contributed by atoms with Crippen molar-refractivity contribution in [3.05, 3.63) is 48.0 Å². The number of aromatic nitrogens is 3. The molecule has 0 fully saturated rings. The second kappa shape index (κ2) is 7.92. The Labute approximate surface area is 147 Å². The molecule has 0 spiro atoms. The number of nitrogens with one attached hydrogen (secondary N) is 2. The van der Waals surface area contributed by atoms with Gasteiger partial charge in [-0.1, -0.05) is 45.0 Å². The van der Waals surface area contributed by atoms with Crippen LogP contribution < -0.4 is 10.6 Å². The summed E-state index contributed by atoms with van der Waals surface area (Å²) < 4.78 is 1.40. The lowest BCUT2D eigenvalue weighted by molar-refractivity contribution is -0.126. The van der Waals surface area contributed by atoms with E-state index in [9.17, 15) is 9.59 Å². The van der Waals surface area contributed by atoms with Crippen molar-refractivity contribution in [1.82, 2.24) is 25.4 Å². The standard InChI is InChI=1S/C18H25N5O2/c1-13(14-5-7-15(8-6-14)18(2,3)4)22-16(24)9-20-17(25)10-23-12-19-11-21-23/h5-8,11-13H,9-10H2,1-4H3,(H,20,25)(H,22,24). The quantitative estimate of drug-likeness (QED) is 0.833. The molecule has 25 heavy (non-hydrogen) atoms. The van der Waals surface area contributed by atoms with Gasteiger partial charge in [-0.25, -0.2) is 9.67 Å². The Morgan fingerprint density at radius 1 is 1.16 bits per heavy atom. The molecule has 0 aliphatic rings. The van der Waals surface area contributed by atoms with Crippen molar-refractivity contribution in [2.24, 2.45) is 0 Å². The number of hydrogen-bond donors (Lipinski definition) is 2. The molecule has 1 aromatic heterocycles. The predicted molar refractivity (Wildman–Crippen MR) is 94.7 cm³/mol. The van der Waals surface area contributed by atoms with Gasteiger partial charge in [0.05, 0.1) is 12.6 Å². The van der Waals surface area contributed by atoms with E-state index in [1.165, 1.54) is 22.9 Å². The molecule has 7 heteroatoms. The van der Waals surface area contributed by atoms with Crippen LogP contribution in [0.1, 0.15) is 44.9 Å². The zero-order valence-corrected chi connectivity index (χ0v) is 15.1. The minimum Gasteiger partial charge on any atom is -0.348 e. The van der Waals surface area contributed by atoms with Crippen molar-refractivity contribution in [3.63, 3.8) is 0 Å². The van der Waals surface area contributed by atoms with Crippen LogP contribution in [-0.2, 0) is 21.5 Å². The molecule has 0 saturated carbocycles. The van der Waals surface area contributed by atoms with Gasteiger partial charge in [0.15, 0.2) is 0 Å². The summed E-state index contributed by atoms with van der Waals surface area (Å²) in [6, 6.07) is 8.08. The fourth-order valence-corrected chi connectivity index (χ4v) is 2.34. The largest absolute Gasteiger partial charge is 0.348 e. The Kier molecular flexibility index (Phi) is 5.90. The highest BCUT2D eigenvalue weighted by molar-refractivity contribution is 5.84. The molecule has 0 aliphatic heterocycles. The molecule has 2 rings (SSSR count). The first-order chi connectivity index (χ1) is 11.8. The van der Waals surface area contributed by atoms with Gasteiger partial charge in [0, 0.05) is 0 Å². The second-order valence-corrected chi connectivity index (χ2v) is 7.03. The maximum atomic E-state index is 12.0. The molecule has 1 heterocycles. The Morgan fingerprint density at radius 2 is 1.84 bits per heavy atom. The van der Waals surface area contributed by atoms with Gasteiger partial charge in [-0.05, 0) is 23.5 Å². The van der Waals surface area contributed by atoms with E-state index in [0.717, 1.165) is 5.56 Å². The fraction of sp³-hybridized carbons (Fsp3) is 0.444. The lowest BCUT2D eigenvalue weighted by atomic mass is 9.86. The fourth-order valence-electron chi connectivity index (χ4n) is 2.34. The number of carbonyl (C=O) groups excluding carboxylic acids is 2. The summed E-state index contributed by atoms with van der Waals surface area (Å²) in [6.45, 7) is 8.37. The monoisotopic (exact) mass is 343 g/mol. The van der Waals surface area contributed by atoms with E-state index in [1.54, 1.807) is 0 Å². The van der Waals surface area contributed by atoms with Gasteiger partial charge in [-0.2, -0.15) is 5.10 Å². The van der Waals surface area contributed by atoms with E-state index in [4.69, 9.17) is 0 Å². The van der Waals surface area contributed by atoms with E-state index in [2.05, 4.69) is 53.6 Å². The summed E-state index contributed by atoms with van der Waals surface area (Å²) in [6.07, 6.45) is 2.80. The molecule has 0 aliphatic carbocycles. The smallest absolute Gasteiger partial charge is 0.242 e. The van der Waals surface area contributed by atoms with Crippen LogP contribution in [0.4, 0.5) is 0 Å². The lowest BCUT2D eigenvalue weighted by Gasteiger charge is -2.20. The van der Waals surface area contributed by atoms with Gasteiger partial charge in [-0.3, -0.25) is 9.59 Å². The lowest BCUT2D eigenvalue weighted by Crippen LogP contribution is -2.39. The molecule has 2 aromatic rings. The van der Waals surface area contributed by atoms with Gasteiger partial charge < -0.3 is 10.6 Å². The Bertz CT molecular complexity index is 702. The van der Waals surface area contributed by atoms with Crippen LogP contribution in [0, 0.1) is 0 Å². The van der Waals surface area contributed by atoms with Crippen LogP contribution >= 0.6 is 0 Å². The van der Waals surface area contributed by atoms with Crippen LogP contribution in [-0.4, -0.2) is 33.1 Å². The minimum atomic E-state index is -0.289. The third kappa shape index (κ3) is 5.70. The van der Waals surface area contributed by atoms with Gasteiger partial charge >= 0.3 is 0 Å². The number of hydrogen-bond acceptors (Lipinski definition) is 4. The van der Waals surface area contributed by atoms with Gasteiger partial charge in [-0.15, -0.1) is 0 Å². The molecular weight excluding hydrogens is 318 g/mol. The average molecular weight is 343 g/mol. The zero-order chi connectivity index (χ0) is 18.4. The van der Waals surface area contributed by atoms with Crippen molar-refractivity contribution < 1.29 is 9.59 Å². The summed E-state index contributed by atoms with van der Waals surface area (Å²) in [5.74, 6) is -0.526. The Hall–Kier alpha value is -2.70. The van der Waals surface area contributed by atoms with Gasteiger partial charge in [0.25, 0.3) is 0 Å². The summed E-state index contributed by atoms with van der Waals surface area (Å²) >= 11 is 0. The Balaban J connectivity index is 1.80. The second-order valence-electron chi connectivity index (χ2n) is 7.03. The molecule has 2 amide bonds. The van der Waals surface area contributed by atoms with Crippen LogP contribution in [0.2, 0.25) is 0 Å². The molecule has 2 N–H and O–H groups in total. The topological polar surface area (TPSA) is 88.9 Å². The number of nitrogens with zero attached hydrogens (tertiary/aromatic N) is 3. The van der Waals surface area contributed by atoms with Crippen molar-refractivity contribution in [2.75, 3.05) is 6.54 Å². The van der Waals surface area contributed by atoms with Crippen molar-refractivity contribution in [2.45, 2.75) is 45.7 Å². The third-order valence-corrected chi connectivity index (χ3v) is 3.87. The van der Waals surface area contributed by atoms with Crippen LogP contribution in [0.15, 0.2) is 36.9 Å². The van der Waals surface area contributed by atoms with Crippen LogP contribution in [0.25, 0.3) is 0 Å². The first-order valence-corrected chi connectivity index (χ1v) is 8.24. The summed E-state index contributed by atoms with van der Waals surface area (Å²) in [7, 11) is 0. The number of carbonyl (C=O) groups is 2. The molecular formula is C18H25N5O2. The molecule has 0 bridgehead atoms. The van der Waals surface area contributed by atoms with Crippen molar-refractivity contribution in [1.29, 1.82) is 0 Å². The number of amides is 2. The maximum absolute atomic E-state index is 12.0. The van der Waals surface area contributed by atoms with E-state index in [1.807, 2.05) is 19.1 Å². The first-order valence-electron chi connectivity index (χ1n) is 8.24. The molecule has 1 unspecified atom stereocenters. The maximum Gasteiger partial charge on any atom is 0.242 e. The van der Waals surface area contributed by atoms with Crippen molar-refractivity contribution >= 4 is 11.8 Å². The van der Waals surface area contributed by atoms with Crippen LogP contribution in [0.3, 0.4) is 0 Å². The highest BCUT2D eigenvalue weighted by Crippen LogP contribution is 2.23.